The summed E-state index contributed by atoms with van der Waals surface area (Å²) in [5.41, 5.74) is 13.9. The van der Waals surface area contributed by atoms with Crippen LogP contribution in [0.3, 0.4) is 0 Å². The summed E-state index contributed by atoms with van der Waals surface area (Å²) < 4.78 is 47.9. The van der Waals surface area contributed by atoms with Crippen LogP contribution >= 0.6 is 0 Å². The SMILES string of the molecule is COc1ccc(N(c2ccc(OC)cc2)c2cc(N(c3ccc(OC)cc3)c3ccc(OC)cc3)cc(-n3c4ccc(N(c5ccc(OC)cc5)c5ccc(OC)cc5)cc4c4cc(N(c5ccc(OC)cc5)c5ccc(OC)cc5)ccc43)c2)cc1. The molecule has 0 saturated carbocycles. The summed E-state index contributed by atoms with van der Waals surface area (Å²) in [5, 5.41) is 2.02. The summed E-state index contributed by atoms with van der Waals surface area (Å²) in [6, 6.07) is 85.3. The van der Waals surface area contributed by atoms with Crippen molar-refractivity contribution < 1.29 is 37.9 Å². The van der Waals surface area contributed by atoms with Gasteiger partial charge < -0.3 is 62.1 Å². The summed E-state index contributed by atoms with van der Waals surface area (Å²) >= 11 is 0. The lowest BCUT2D eigenvalue weighted by molar-refractivity contribution is 0.414. The molecule has 0 bridgehead atoms. The van der Waals surface area contributed by atoms with Gasteiger partial charge in [-0.25, -0.2) is 0 Å². The quantitative estimate of drug-likeness (QED) is 0.0686. The summed E-state index contributed by atoms with van der Waals surface area (Å²) in [4.78, 5) is 9.04. The lowest BCUT2D eigenvalue weighted by atomic mass is 10.1. The highest BCUT2D eigenvalue weighted by molar-refractivity contribution is 6.12. The number of rotatable bonds is 21. The van der Waals surface area contributed by atoms with E-state index >= 15 is 0 Å². The molecule has 13 nitrogen and oxygen atoms in total. The second-order valence-electron chi connectivity index (χ2n) is 20.4. The van der Waals surface area contributed by atoms with Crippen LogP contribution in [0.2, 0.25) is 0 Å². The van der Waals surface area contributed by atoms with E-state index in [1.54, 1.807) is 56.9 Å². The zero-order valence-corrected chi connectivity index (χ0v) is 49.7. The topological polar surface area (TPSA) is 91.7 Å². The van der Waals surface area contributed by atoms with Gasteiger partial charge >= 0.3 is 0 Å². The molecule has 0 aliphatic heterocycles. The number of methoxy groups -OCH3 is 8. The predicted molar refractivity (Wildman–Crippen MR) is 352 cm³/mol. The van der Waals surface area contributed by atoms with Crippen LogP contribution in [0.25, 0.3) is 27.5 Å². The van der Waals surface area contributed by atoms with Crippen LogP contribution in [0.15, 0.2) is 249 Å². The van der Waals surface area contributed by atoms with Gasteiger partial charge in [0.25, 0.3) is 0 Å². The maximum atomic E-state index is 5.72. The number of benzene rings is 11. The second-order valence-corrected chi connectivity index (χ2v) is 20.4. The number of ether oxygens (including phenoxy) is 8. The van der Waals surface area contributed by atoms with Gasteiger partial charge in [0.05, 0.1) is 85.0 Å². The fraction of sp³-hybridized carbons (Fsp3) is 0.108. The Kier molecular flexibility index (Phi) is 16.2. The molecule has 12 aromatic rings. The van der Waals surface area contributed by atoms with Crippen molar-refractivity contribution >= 4 is 90.1 Å². The molecule has 0 radical (unpaired) electrons. The van der Waals surface area contributed by atoms with Crippen molar-refractivity contribution in [3.8, 4) is 51.7 Å². The van der Waals surface area contributed by atoms with Crippen molar-refractivity contribution in [3.63, 3.8) is 0 Å². The number of fused-ring (bicyclic) bond motifs is 3. The third kappa shape index (κ3) is 11.4. The molecule has 0 aliphatic carbocycles. The van der Waals surface area contributed by atoms with Gasteiger partial charge in [0, 0.05) is 67.6 Å². The highest BCUT2D eigenvalue weighted by atomic mass is 16.5. The fourth-order valence-electron chi connectivity index (χ4n) is 11.2. The largest absolute Gasteiger partial charge is 0.497 e. The van der Waals surface area contributed by atoms with Crippen molar-refractivity contribution in [2.24, 2.45) is 0 Å². The van der Waals surface area contributed by atoms with Gasteiger partial charge in [-0.05, 0) is 249 Å². The monoisotopic (exact) mass is 1150 g/mol. The fourth-order valence-corrected chi connectivity index (χ4v) is 11.2. The number of aromatic nitrogens is 1. The van der Waals surface area contributed by atoms with Crippen LogP contribution in [0.1, 0.15) is 0 Å². The molecule has 0 atom stereocenters. The predicted octanol–water partition coefficient (Wildman–Crippen LogP) is 18.7. The Morgan fingerprint density at radius 2 is 0.379 bits per heavy atom. The molecule has 0 unspecified atom stereocenters. The van der Waals surface area contributed by atoms with Gasteiger partial charge in [0.2, 0.25) is 0 Å². The van der Waals surface area contributed by atoms with E-state index in [-0.39, 0.29) is 0 Å². The summed E-state index contributed by atoms with van der Waals surface area (Å²) in [6.07, 6.45) is 0. The third-order valence-electron chi connectivity index (χ3n) is 15.6. The zero-order chi connectivity index (χ0) is 60.0. The molecule has 0 spiro atoms. The van der Waals surface area contributed by atoms with Gasteiger partial charge in [-0.1, -0.05) is 0 Å². The number of nitrogens with zero attached hydrogens (tertiary/aromatic N) is 5. The minimum absolute atomic E-state index is 0.743. The Morgan fingerprint density at radius 1 is 0.195 bits per heavy atom. The van der Waals surface area contributed by atoms with Gasteiger partial charge in [-0.2, -0.15) is 0 Å². The Balaban J connectivity index is 1.17. The van der Waals surface area contributed by atoms with E-state index < -0.39 is 0 Å². The Hall–Kier alpha value is -11.2. The molecular weight excluding hydrogens is 1090 g/mol. The first-order valence-electron chi connectivity index (χ1n) is 28.3. The first-order valence-corrected chi connectivity index (χ1v) is 28.3. The first-order chi connectivity index (χ1) is 42.7. The smallest absolute Gasteiger partial charge is 0.119 e. The molecule has 87 heavy (non-hydrogen) atoms. The van der Waals surface area contributed by atoms with Gasteiger partial charge in [0.15, 0.2) is 0 Å². The molecule has 13 heteroatoms. The second kappa shape index (κ2) is 25.0. The standard InChI is InChI=1S/C74H65N5O8/c1-80-63-27-9-50(10-28-63)75(51-11-29-64(81-2)30-12-51)58-25-43-73-71(48-58)72-49-59(76(52-13-31-65(82-3)32-14-52)53-15-33-66(83-4)34-16-53)26-44-74(72)79(73)62-46-60(77(54-17-35-67(84-5)36-18-54)55-19-37-68(85-6)38-20-55)45-61(47-62)78(56-21-39-69(86-7)40-22-56)57-23-41-70(87-8)42-24-57/h9-49H,1-8H3. The molecule has 11 aromatic carbocycles. The van der Waals surface area contributed by atoms with Crippen LogP contribution in [0.5, 0.6) is 46.0 Å². The zero-order valence-electron chi connectivity index (χ0n) is 49.7. The number of hydrogen-bond acceptors (Lipinski definition) is 12. The molecule has 1 heterocycles. The molecular formula is C74H65N5O8. The van der Waals surface area contributed by atoms with E-state index in [4.69, 9.17) is 37.9 Å². The molecule has 434 valence electrons. The van der Waals surface area contributed by atoms with E-state index in [2.05, 4.69) is 176 Å². The highest BCUT2D eigenvalue weighted by Gasteiger charge is 2.25. The van der Waals surface area contributed by atoms with E-state index in [1.165, 1.54) is 0 Å². The summed E-state index contributed by atoms with van der Waals surface area (Å²) in [7, 11) is 13.5. The molecule has 0 N–H and O–H groups in total. The average molecular weight is 1150 g/mol. The maximum absolute atomic E-state index is 5.72. The van der Waals surface area contributed by atoms with E-state index in [0.717, 1.165) is 142 Å². The van der Waals surface area contributed by atoms with Gasteiger partial charge in [-0.3, -0.25) is 0 Å². The Labute approximate surface area is 507 Å². The van der Waals surface area contributed by atoms with Crippen molar-refractivity contribution in [3.05, 3.63) is 249 Å². The lowest BCUT2D eigenvalue weighted by Crippen LogP contribution is -2.14. The van der Waals surface area contributed by atoms with Crippen LogP contribution in [-0.2, 0) is 0 Å². The van der Waals surface area contributed by atoms with Crippen LogP contribution in [0.4, 0.5) is 68.2 Å². The minimum atomic E-state index is 0.743. The van der Waals surface area contributed by atoms with Crippen LogP contribution < -0.4 is 57.5 Å². The molecule has 0 fully saturated rings. The number of hydrogen-bond donors (Lipinski definition) is 0. The molecule has 12 rings (SSSR count). The summed E-state index contributed by atoms with van der Waals surface area (Å²) in [6.45, 7) is 0. The van der Waals surface area contributed by atoms with Crippen molar-refractivity contribution in [2.75, 3.05) is 76.5 Å². The van der Waals surface area contributed by atoms with E-state index in [9.17, 15) is 0 Å². The molecule has 0 saturated heterocycles. The summed E-state index contributed by atoms with van der Waals surface area (Å²) in [5.74, 6) is 6.01. The van der Waals surface area contributed by atoms with E-state index in [0.29, 0.717) is 0 Å². The van der Waals surface area contributed by atoms with Crippen molar-refractivity contribution in [1.29, 1.82) is 0 Å². The molecule has 1 aromatic heterocycles. The van der Waals surface area contributed by atoms with Gasteiger partial charge in [-0.15, -0.1) is 0 Å². The minimum Gasteiger partial charge on any atom is -0.497 e. The van der Waals surface area contributed by atoms with Gasteiger partial charge in [0.1, 0.15) is 46.0 Å². The Bertz CT molecular complexity index is 3830. The third-order valence-corrected chi connectivity index (χ3v) is 15.6. The maximum Gasteiger partial charge on any atom is 0.119 e. The van der Waals surface area contributed by atoms with Crippen molar-refractivity contribution in [2.45, 2.75) is 0 Å². The highest BCUT2D eigenvalue weighted by Crippen LogP contribution is 2.48. The van der Waals surface area contributed by atoms with Crippen LogP contribution in [-0.4, -0.2) is 61.4 Å². The first kappa shape index (κ1) is 56.3. The van der Waals surface area contributed by atoms with E-state index in [1.807, 2.05) is 97.1 Å². The molecule has 0 aliphatic rings. The Morgan fingerprint density at radius 3 is 0.575 bits per heavy atom. The molecule has 0 amide bonds. The van der Waals surface area contributed by atoms with Crippen LogP contribution in [0, 0.1) is 0 Å². The average Bonchev–Trinajstić information content (AvgIpc) is 1.98. The lowest BCUT2D eigenvalue weighted by Gasteiger charge is -2.31. The van der Waals surface area contributed by atoms with Crippen molar-refractivity contribution in [1.82, 2.24) is 4.57 Å². The normalized spacial score (nSPS) is 11.0. The number of anilines is 12.